The number of pyridine rings is 1. The van der Waals surface area contributed by atoms with Gasteiger partial charge in [-0.25, -0.2) is 21.9 Å². The molecule has 148 valence electrons. The van der Waals surface area contributed by atoms with E-state index in [0.29, 0.717) is 24.8 Å². The Balaban J connectivity index is 2.16. The molecule has 8 heteroatoms. The maximum Gasteiger partial charge on any atom is 0.240 e. The van der Waals surface area contributed by atoms with Crippen LogP contribution in [0.25, 0.3) is 11.3 Å². The van der Waals surface area contributed by atoms with Gasteiger partial charge in [0.25, 0.3) is 0 Å². The van der Waals surface area contributed by atoms with Crippen LogP contribution < -0.4 is 4.72 Å². The molecular weight excluding hydrogens is 374 g/mol. The molecular formula is C19H24F2N2O3S. The highest BCUT2D eigenvalue weighted by molar-refractivity contribution is 7.89. The number of sulfonamides is 1. The fourth-order valence-corrected chi connectivity index (χ4v) is 3.93. The van der Waals surface area contributed by atoms with Crippen LogP contribution in [0.3, 0.4) is 0 Å². The zero-order valence-electron chi connectivity index (χ0n) is 15.5. The van der Waals surface area contributed by atoms with Gasteiger partial charge >= 0.3 is 0 Å². The number of nitrogens with zero attached hydrogens (tertiary/aromatic N) is 1. The summed E-state index contributed by atoms with van der Waals surface area (Å²) in [7, 11) is -3.76. The van der Waals surface area contributed by atoms with E-state index in [1.807, 2.05) is 6.92 Å². The van der Waals surface area contributed by atoms with Gasteiger partial charge in [0.05, 0.1) is 16.7 Å². The average molecular weight is 398 g/mol. The van der Waals surface area contributed by atoms with Gasteiger partial charge in [0.1, 0.15) is 11.5 Å². The number of aliphatic hydroxyl groups is 1. The first kappa shape index (κ1) is 21.4. The number of rotatable bonds is 8. The Morgan fingerprint density at radius 2 is 1.85 bits per heavy atom. The molecule has 2 N–H and O–H groups in total. The van der Waals surface area contributed by atoms with Crippen LogP contribution in [0.15, 0.2) is 41.4 Å². The first-order valence-corrected chi connectivity index (χ1v) is 10.2. The van der Waals surface area contributed by atoms with E-state index in [-0.39, 0.29) is 16.6 Å². The van der Waals surface area contributed by atoms with Gasteiger partial charge in [-0.15, -0.1) is 0 Å². The highest BCUT2D eigenvalue weighted by atomic mass is 32.2. The monoisotopic (exact) mass is 398 g/mol. The molecule has 1 aromatic carbocycles. The highest BCUT2D eigenvalue weighted by Gasteiger charge is 2.22. The second kappa shape index (κ2) is 8.41. The van der Waals surface area contributed by atoms with Crippen molar-refractivity contribution in [1.82, 2.24) is 9.71 Å². The number of aromatic nitrogens is 1. The Bertz CT molecular complexity index is 879. The van der Waals surface area contributed by atoms with Crippen LogP contribution in [0.1, 0.15) is 40.0 Å². The molecule has 0 aliphatic heterocycles. The highest BCUT2D eigenvalue weighted by Crippen LogP contribution is 2.23. The normalized spacial score (nSPS) is 13.6. The lowest BCUT2D eigenvalue weighted by Crippen LogP contribution is -2.36. The first-order chi connectivity index (χ1) is 12.5. The van der Waals surface area contributed by atoms with Crippen molar-refractivity contribution >= 4 is 10.0 Å². The zero-order chi connectivity index (χ0) is 20.2. The summed E-state index contributed by atoms with van der Waals surface area (Å²) in [6, 6.07) is 5.97. The third kappa shape index (κ3) is 6.05. The summed E-state index contributed by atoms with van der Waals surface area (Å²) in [5.41, 5.74) is -0.572. The van der Waals surface area contributed by atoms with E-state index in [9.17, 15) is 22.3 Å². The summed E-state index contributed by atoms with van der Waals surface area (Å²) in [5.74, 6) is -1.60. The standard InChI is InChI=1S/C19H24F2N2O3S/c1-4-15(9-10-19(2,3)24)23-27(25,26)16-7-5-13(6-8-16)18-17(21)11-14(20)12-22-18/h5-8,11-12,15,23-24H,4,9-10H2,1-3H3/t15-/m0/s1. The Morgan fingerprint density at radius 3 is 2.37 bits per heavy atom. The molecule has 0 saturated carbocycles. The minimum Gasteiger partial charge on any atom is -0.390 e. The molecule has 2 aromatic rings. The SMILES string of the molecule is CC[C@@H](CCC(C)(C)O)NS(=O)(=O)c1ccc(-c2ncc(F)cc2F)cc1. The summed E-state index contributed by atoms with van der Waals surface area (Å²) in [6.45, 7) is 5.22. The Labute approximate surface area is 158 Å². The molecule has 0 fully saturated rings. The molecule has 0 saturated heterocycles. The molecule has 1 atom stereocenters. The van der Waals surface area contributed by atoms with Gasteiger partial charge in [-0.2, -0.15) is 0 Å². The molecule has 0 aliphatic rings. The molecule has 0 aliphatic carbocycles. The van der Waals surface area contributed by atoms with Gasteiger partial charge in [-0.1, -0.05) is 19.1 Å². The largest absolute Gasteiger partial charge is 0.390 e. The summed E-state index contributed by atoms with van der Waals surface area (Å²) in [4.78, 5) is 3.75. The van der Waals surface area contributed by atoms with Gasteiger partial charge < -0.3 is 5.11 Å². The van der Waals surface area contributed by atoms with Crippen molar-refractivity contribution in [1.29, 1.82) is 0 Å². The van der Waals surface area contributed by atoms with Gasteiger partial charge in [0.2, 0.25) is 10.0 Å². The molecule has 5 nitrogen and oxygen atoms in total. The summed E-state index contributed by atoms with van der Waals surface area (Å²) < 4.78 is 54.6. The molecule has 1 heterocycles. The van der Waals surface area contributed by atoms with Crippen molar-refractivity contribution in [3.63, 3.8) is 0 Å². The second-order valence-electron chi connectivity index (χ2n) is 7.09. The predicted octanol–water partition coefficient (Wildman–Crippen LogP) is 3.63. The zero-order valence-corrected chi connectivity index (χ0v) is 16.4. The van der Waals surface area contributed by atoms with Crippen molar-refractivity contribution in [2.24, 2.45) is 0 Å². The lowest BCUT2D eigenvalue weighted by Gasteiger charge is -2.22. The van der Waals surface area contributed by atoms with Crippen molar-refractivity contribution in [3.05, 3.63) is 48.2 Å². The van der Waals surface area contributed by atoms with E-state index >= 15 is 0 Å². The van der Waals surface area contributed by atoms with Crippen LogP contribution in [0.4, 0.5) is 8.78 Å². The van der Waals surface area contributed by atoms with Gasteiger partial charge in [-0.3, -0.25) is 4.98 Å². The second-order valence-corrected chi connectivity index (χ2v) is 8.80. The molecule has 0 spiro atoms. The minimum absolute atomic E-state index is 0.0375. The fraction of sp³-hybridized carbons (Fsp3) is 0.421. The van der Waals surface area contributed by atoms with Crippen LogP contribution in [0.5, 0.6) is 0 Å². The van der Waals surface area contributed by atoms with E-state index in [4.69, 9.17) is 0 Å². The molecule has 0 unspecified atom stereocenters. The van der Waals surface area contributed by atoms with Gasteiger partial charge in [-0.05, 0) is 45.2 Å². The van der Waals surface area contributed by atoms with Crippen LogP contribution in [-0.4, -0.2) is 30.2 Å². The third-order valence-electron chi connectivity index (χ3n) is 4.17. The maximum absolute atomic E-state index is 13.8. The van der Waals surface area contributed by atoms with E-state index < -0.39 is 27.3 Å². The molecule has 0 bridgehead atoms. The van der Waals surface area contributed by atoms with Crippen LogP contribution in [0.2, 0.25) is 0 Å². The molecule has 0 amide bonds. The van der Waals surface area contributed by atoms with Crippen molar-refractivity contribution in [2.45, 2.75) is 56.6 Å². The maximum atomic E-state index is 13.8. The summed E-state index contributed by atoms with van der Waals surface area (Å²) in [6.07, 6.45) is 2.45. The summed E-state index contributed by atoms with van der Waals surface area (Å²) in [5, 5.41) is 9.82. The number of hydrogen-bond acceptors (Lipinski definition) is 4. The predicted molar refractivity (Wildman–Crippen MR) is 99.5 cm³/mol. The van der Waals surface area contributed by atoms with Crippen LogP contribution in [-0.2, 0) is 10.0 Å². The van der Waals surface area contributed by atoms with Crippen LogP contribution in [0, 0.1) is 11.6 Å². The minimum atomic E-state index is -3.76. The smallest absolute Gasteiger partial charge is 0.240 e. The number of benzene rings is 1. The topological polar surface area (TPSA) is 79.3 Å². The molecule has 2 rings (SSSR count). The van der Waals surface area contributed by atoms with Crippen molar-refractivity contribution in [2.75, 3.05) is 0 Å². The Hall–Kier alpha value is -1.90. The van der Waals surface area contributed by atoms with Crippen LogP contribution >= 0.6 is 0 Å². The van der Waals surface area contributed by atoms with E-state index in [0.717, 1.165) is 12.3 Å². The molecule has 27 heavy (non-hydrogen) atoms. The molecule has 1 aromatic heterocycles. The number of halogens is 2. The van der Waals surface area contributed by atoms with Gasteiger partial charge in [0.15, 0.2) is 5.82 Å². The Morgan fingerprint density at radius 1 is 1.22 bits per heavy atom. The third-order valence-corrected chi connectivity index (χ3v) is 5.70. The lowest BCUT2D eigenvalue weighted by atomic mass is 9.99. The quantitative estimate of drug-likeness (QED) is 0.712. The van der Waals surface area contributed by atoms with E-state index in [2.05, 4.69) is 9.71 Å². The van der Waals surface area contributed by atoms with E-state index in [1.54, 1.807) is 13.8 Å². The van der Waals surface area contributed by atoms with Gasteiger partial charge in [0, 0.05) is 17.7 Å². The average Bonchev–Trinajstić information content (AvgIpc) is 2.58. The van der Waals surface area contributed by atoms with Crippen molar-refractivity contribution < 1.29 is 22.3 Å². The molecule has 0 radical (unpaired) electrons. The fourth-order valence-electron chi connectivity index (χ4n) is 2.58. The Kier molecular flexibility index (Phi) is 6.67. The van der Waals surface area contributed by atoms with E-state index in [1.165, 1.54) is 24.3 Å². The summed E-state index contributed by atoms with van der Waals surface area (Å²) >= 11 is 0. The number of hydrogen-bond donors (Lipinski definition) is 2. The first-order valence-electron chi connectivity index (χ1n) is 8.68. The van der Waals surface area contributed by atoms with Crippen molar-refractivity contribution in [3.8, 4) is 11.3 Å². The lowest BCUT2D eigenvalue weighted by molar-refractivity contribution is 0.0660. The number of nitrogens with one attached hydrogen (secondary N) is 1.